The van der Waals surface area contributed by atoms with Gasteiger partial charge >= 0.3 is 0 Å². The van der Waals surface area contributed by atoms with Crippen molar-refractivity contribution in [3.63, 3.8) is 0 Å². The summed E-state index contributed by atoms with van der Waals surface area (Å²) in [6.45, 7) is 1.92. The standard InChI is InChI=1S/C7H6BrN3/c1-4-10-5-2-7(8)9-3-6(5)11-4/h2-3H,1H3,(H,10,11). The molecule has 4 heteroatoms. The van der Waals surface area contributed by atoms with Gasteiger partial charge in [0.1, 0.15) is 10.4 Å². The quantitative estimate of drug-likeness (QED) is 0.678. The Balaban J connectivity index is 2.82. The third-order valence-electron chi connectivity index (χ3n) is 1.45. The van der Waals surface area contributed by atoms with E-state index in [-0.39, 0.29) is 0 Å². The van der Waals surface area contributed by atoms with Gasteiger partial charge in [-0.15, -0.1) is 0 Å². The van der Waals surface area contributed by atoms with E-state index >= 15 is 0 Å². The van der Waals surface area contributed by atoms with Crippen LogP contribution in [0.4, 0.5) is 0 Å². The Morgan fingerprint density at radius 1 is 1.55 bits per heavy atom. The van der Waals surface area contributed by atoms with E-state index in [2.05, 4.69) is 30.9 Å². The first-order valence-corrected chi connectivity index (χ1v) is 4.03. The van der Waals surface area contributed by atoms with E-state index in [9.17, 15) is 0 Å². The lowest BCUT2D eigenvalue weighted by Crippen LogP contribution is -1.74. The lowest BCUT2D eigenvalue weighted by Gasteiger charge is -1.86. The number of aromatic amines is 1. The molecule has 0 aliphatic rings. The summed E-state index contributed by atoms with van der Waals surface area (Å²) in [6.07, 6.45) is 1.76. The Morgan fingerprint density at radius 2 is 2.36 bits per heavy atom. The van der Waals surface area contributed by atoms with Gasteiger partial charge < -0.3 is 4.98 Å². The second-order valence-electron chi connectivity index (χ2n) is 2.35. The minimum Gasteiger partial charge on any atom is -0.341 e. The number of pyridine rings is 1. The van der Waals surface area contributed by atoms with Gasteiger partial charge in [-0.1, -0.05) is 0 Å². The number of hydrogen-bond donors (Lipinski definition) is 1. The highest BCUT2D eigenvalue weighted by Crippen LogP contribution is 2.13. The molecule has 0 amide bonds. The average molecular weight is 212 g/mol. The predicted octanol–water partition coefficient (Wildman–Crippen LogP) is 2.03. The van der Waals surface area contributed by atoms with Crippen molar-refractivity contribution in [1.29, 1.82) is 0 Å². The van der Waals surface area contributed by atoms with Crippen LogP contribution in [0.1, 0.15) is 5.82 Å². The van der Waals surface area contributed by atoms with Crippen LogP contribution in [0.5, 0.6) is 0 Å². The van der Waals surface area contributed by atoms with Crippen LogP contribution < -0.4 is 0 Å². The Hall–Kier alpha value is -0.900. The zero-order valence-electron chi connectivity index (χ0n) is 5.93. The monoisotopic (exact) mass is 211 g/mol. The zero-order chi connectivity index (χ0) is 7.84. The van der Waals surface area contributed by atoms with Gasteiger partial charge in [0.05, 0.1) is 17.2 Å². The number of nitrogens with one attached hydrogen (secondary N) is 1. The van der Waals surface area contributed by atoms with Crippen LogP contribution in [0.25, 0.3) is 11.0 Å². The fourth-order valence-electron chi connectivity index (χ4n) is 1.01. The second-order valence-corrected chi connectivity index (χ2v) is 3.16. The maximum absolute atomic E-state index is 4.25. The molecule has 2 rings (SSSR count). The fraction of sp³-hybridized carbons (Fsp3) is 0.143. The van der Waals surface area contributed by atoms with Crippen molar-refractivity contribution in [2.45, 2.75) is 6.92 Å². The molecule has 0 spiro atoms. The molecule has 0 bridgehead atoms. The van der Waals surface area contributed by atoms with Crippen molar-refractivity contribution >= 4 is 27.0 Å². The molecule has 0 fully saturated rings. The SMILES string of the molecule is Cc1nc2cc(Br)ncc2[nH]1. The molecule has 0 saturated heterocycles. The van der Waals surface area contributed by atoms with Crippen LogP contribution in [0.3, 0.4) is 0 Å². The maximum atomic E-state index is 4.25. The van der Waals surface area contributed by atoms with Crippen LogP contribution in [0, 0.1) is 6.92 Å². The van der Waals surface area contributed by atoms with Crippen molar-refractivity contribution in [2.75, 3.05) is 0 Å². The van der Waals surface area contributed by atoms with Gasteiger partial charge in [-0.3, -0.25) is 0 Å². The lowest BCUT2D eigenvalue weighted by molar-refractivity contribution is 1.17. The number of rotatable bonds is 0. The molecule has 0 aliphatic heterocycles. The summed E-state index contributed by atoms with van der Waals surface area (Å²) in [5, 5.41) is 0. The average Bonchev–Trinajstić information content (AvgIpc) is 2.27. The normalized spacial score (nSPS) is 10.7. The maximum Gasteiger partial charge on any atom is 0.108 e. The van der Waals surface area contributed by atoms with Gasteiger partial charge in [-0.05, 0) is 28.9 Å². The first kappa shape index (κ1) is 6.79. The first-order valence-electron chi connectivity index (χ1n) is 3.23. The van der Waals surface area contributed by atoms with Crippen molar-refractivity contribution in [1.82, 2.24) is 15.0 Å². The van der Waals surface area contributed by atoms with Gasteiger partial charge in [0, 0.05) is 0 Å². The van der Waals surface area contributed by atoms with Crippen molar-refractivity contribution < 1.29 is 0 Å². The van der Waals surface area contributed by atoms with Crippen LogP contribution >= 0.6 is 15.9 Å². The summed E-state index contributed by atoms with van der Waals surface area (Å²) in [4.78, 5) is 11.4. The van der Waals surface area contributed by atoms with Gasteiger partial charge in [-0.2, -0.15) is 0 Å². The van der Waals surface area contributed by atoms with E-state index in [1.165, 1.54) is 0 Å². The molecule has 0 aliphatic carbocycles. The Bertz CT molecular complexity index is 393. The molecule has 2 heterocycles. The van der Waals surface area contributed by atoms with Crippen LogP contribution in [-0.4, -0.2) is 15.0 Å². The number of imidazole rings is 1. The highest BCUT2D eigenvalue weighted by molar-refractivity contribution is 9.10. The molecular weight excluding hydrogens is 206 g/mol. The third kappa shape index (κ3) is 1.14. The van der Waals surface area contributed by atoms with E-state index < -0.39 is 0 Å². The Kier molecular flexibility index (Phi) is 1.42. The minimum atomic E-state index is 0.816. The number of hydrogen-bond acceptors (Lipinski definition) is 2. The van der Waals surface area contributed by atoms with Gasteiger partial charge in [-0.25, -0.2) is 9.97 Å². The van der Waals surface area contributed by atoms with Crippen molar-refractivity contribution in [3.8, 4) is 0 Å². The predicted molar refractivity (Wildman–Crippen MR) is 46.3 cm³/mol. The molecule has 2 aromatic heterocycles. The smallest absolute Gasteiger partial charge is 0.108 e. The molecule has 56 valence electrons. The topological polar surface area (TPSA) is 41.6 Å². The van der Waals surface area contributed by atoms with E-state index in [0.29, 0.717) is 0 Å². The van der Waals surface area contributed by atoms with Crippen molar-refractivity contribution in [2.24, 2.45) is 0 Å². The molecule has 2 aromatic rings. The highest BCUT2D eigenvalue weighted by Gasteiger charge is 1.98. The summed E-state index contributed by atoms with van der Waals surface area (Å²) >= 11 is 3.28. The number of fused-ring (bicyclic) bond motifs is 1. The molecule has 0 aromatic carbocycles. The van der Waals surface area contributed by atoms with Crippen LogP contribution in [0.2, 0.25) is 0 Å². The Morgan fingerprint density at radius 3 is 3.18 bits per heavy atom. The van der Waals surface area contributed by atoms with Gasteiger partial charge in [0.15, 0.2) is 0 Å². The summed E-state index contributed by atoms with van der Waals surface area (Å²) in [5.74, 6) is 0.917. The third-order valence-corrected chi connectivity index (χ3v) is 1.89. The van der Waals surface area contributed by atoms with E-state index in [0.717, 1.165) is 21.5 Å². The first-order chi connectivity index (χ1) is 5.25. The van der Waals surface area contributed by atoms with Crippen LogP contribution in [0.15, 0.2) is 16.9 Å². The second kappa shape index (κ2) is 2.30. The Labute approximate surface area is 72.0 Å². The summed E-state index contributed by atoms with van der Waals surface area (Å²) < 4.78 is 0.816. The minimum absolute atomic E-state index is 0.816. The van der Waals surface area contributed by atoms with Crippen LogP contribution in [-0.2, 0) is 0 Å². The number of aromatic nitrogens is 3. The zero-order valence-corrected chi connectivity index (χ0v) is 7.51. The molecule has 0 atom stereocenters. The molecule has 0 saturated carbocycles. The largest absolute Gasteiger partial charge is 0.341 e. The van der Waals surface area contributed by atoms with E-state index in [4.69, 9.17) is 0 Å². The molecule has 0 unspecified atom stereocenters. The highest BCUT2D eigenvalue weighted by atomic mass is 79.9. The molecule has 3 nitrogen and oxygen atoms in total. The van der Waals surface area contributed by atoms with E-state index in [1.54, 1.807) is 6.20 Å². The van der Waals surface area contributed by atoms with Gasteiger partial charge in [0.25, 0.3) is 0 Å². The number of aryl methyl sites for hydroxylation is 1. The summed E-state index contributed by atoms with van der Waals surface area (Å²) in [7, 11) is 0. The summed E-state index contributed by atoms with van der Waals surface area (Å²) in [5.41, 5.74) is 1.93. The van der Waals surface area contributed by atoms with Crippen molar-refractivity contribution in [3.05, 3.63) is 22.7 Å². The summed E-state index contributed by atoms with van der Waals surface area (Å²) in [6, 6.07) is 1.89. The fourth-order valence-corrected chi connectivity index (χ4v) is 1.33. The van der Waals surface area contributed by atoms with E-state index in [1.807, 2.05) is 13.0 Å². The van der Waals surface area contributed by atoms with Gasteiger partial charge in [0.2, 0.25) is 0 Å². The molecule has 0 radical (unpaired) electrons. The molecule has 11 heavy (non-hydrogen) atoms. The molecule has 1 N–H and O–H groups in total. The lowest BCUT2D eigenvalue weighted by atomic mass is 10.4. The number of halogens is 1. The number of H-pyrrole nitrogens is 1. The molecular formula is C7H6BrN3. The number of nitrogens with zero attached hydrogens (tertiary/aromatic N) is 2.